The molecule has 0 saturated carbocycles. The summed E-state index contributed by atoms with van der Waals surface area (Å²) in [6, 6.07) is 0. The maximum absolute atomic E-state index is 6.94. The molecule has 2 radical (unpaired) electrons. The Morgan fingerprint density at radius 3 is 0.675 bits per heavy atom. The SMILES string of the molecule is CC(C)(C)[NH-].CC(C)(C)[NH-].CC1=[C-]C(C)C(C)=C1C.CC1=[C-]C(C)C(C)=C1C.C[SiH]C.C[SiH]C.Cl.Cl.Cl.Cl.[Ti+2].[Ti+2]. The van der Waals surface area contributed by atoms with Crippen molar-refractivity contribution < 1.29 is 43.4 Å². The molecule has 2 nitrogen and oxygen atoms in total. The van der Waals surface area contributed by atoms with Crippen LogP contribution < -0.4 is 0 Å². The molecule has 2 rings (SSSR count). The van der Waals surface area contributed by atoms with E-state index in [-0.39, 0.29) is 104 Å². The van der Waals surface area contributed by atoms with E-state index in [1.54, 1.807) is 0 Å². The van der Waals surface area contributed by atoms with Crippen molar-refractivity contribution in [2.45, 2.75) is 134 Å². The summed E-state index contributed by atoms with van der Waals surface area (Å²) in [7, 11) is 1.50. The Bertz CT molecular complexity index is 614. The van der Waals surface area contributed by atoms with E-state index in [1.165, 1.54) is 33.4 Å². The Kier molecular flexibility index (Phi) is 63.9. The molecule has 0 aromatic rings. The van der Waals surface area contributed by atoms with Gasteiger partial charge < -0.3 is 11.5 Å². The zero-order chi connectivity index (χ0) is 28.4. The van der Waals surface area contributed by atoms with E-state index in [1.807, 2.05) is 41.5 Å². The Balaban J connectivity index is -0.0000000344. The third-order valence-electron chi connectivity index (χ3n) is 4.47. The summed E-state index contributed by atoms with van der Waals surface area (Å²) in [4.78, 5) is 0. The van der Waals surface area contributed by atoms with Crippen LogP contribution in [-0.4, -0.2) is 30.1 Å². The predicted molar refractivity (Wildman–Crippen MR) is 195 cm³/mol. The smallest absolute Gasteiger partial charge is 0.673 e. The second kappa shape index (κ2) is 37.1. The standard InChI is InChI=1S/2C9H13.2C4H10N.2C2H7Si.4ClH.2Ti/c2*1-6-5-7(2)9(4)8(6)3;2*1-4(2,3)5;2*1-3-2;;;;;;/h2*6H,1-4H3;2*5H,1-3H3;2*3H,1-2H3;4*1H;;/q4*-1;;;;;;;2*+2. The molecule has 0 aromatic carbocycles. The molecule has 2 unspecified atom stereocenters. The molecule has 0 heterocycles. The van der Waals surface area contributed by atoms with Gasteiger partial charge in [-0.15, -0.1) is 74.6 Å². The molecule has 2 aliphatic rings. The molecule has 0 bridgehead atoms. The second-order valence-corrected chi connectivity index (χ2v) is 13.6. The largest absolute Gasteiger partial charge is 2.00 e. The van der Waals surface area contributed by atoms with Crippen LogP contribution in [0.4, 0.5) is 0 Å². The van der Waals surface area contributed by atoms with Gasteiger partial charge in [-0.3, -0.25) is 12.2 Å². The van der Waals surface area contributed by atoms with E-state index >= 15 is 0 Å². The van der Waals surface area contributed by atoms with Crippen molar-refractivity contribution in [1.82, 2.24) is 0 Å². The van der Waals surface area contributed by atoms with E-state index in [2.05, 4.69) is 93.7 Å². The summed E-state index contributed by atoms with van der Waals surface area (Å²) in [5, 5.41) is 0. The molecular formula is C30H64Cl4N2Si2Ti2. The first kappa shape index (κ1) is 68.9. The Labute approximate surface area is 312 Å². The third kappa shape index (κ3) is 52.5. The maximum atomic E-state index is 6.94. The molecule has 10 heteroatoms. The minimum absolute atomic E-state index is 0. The monoisotopic (exact) mass is 744 g/mol. The topological polar surface area (TPSA) is 47.6 Å². The molecule has 2 atom stereocenters. The van der Waals surface area contributed by atoms with E-state index in [0.717, 1.165) is 19.0 Å². The molecule has 40 heavy (non-hydrogen) atoms. The van der Waals surface area contributed by atoms with Gasteiger partial charge in [0, 0.05) is 19.0 Å². The Morgan fingerprint density at radius 2 is 0.650 bits per heavy atom. The minimum Gasteiger partial charge on any atom is -0.673 e. The summed E-state index contributed by atoms with van der Waals surface area (Å²) in [6.07, 6.45) is 6.72. The fraction of sp³-hybridized carbons (Fsp3) is 0.733. The quantitative estimate of drug-likeness (QED) is 0.175. The van der Waals surface area contributed by atoms with Gasteiger partial charge in [-0.25, -0.2) is 11.1 Å². The van der Waals surface area contributed by atoms with Gasteiger partial charge in [0.25, 0.3) is 0 Å². The van der Waals surface area contributed by atoms with Crippen molar-refractivity contribution in [2.75, 3.05) is 0 Å². The van der Waals surface area contributed by atoms with Crippen LogP contribution in [-0.2, 0) is 43.4 Å². The first-order chi connectivity index (χ1) is 15.1. The van der Waals surface area contributed by atoms with Crippen LogP contribution in [0, 0.1) is 24.0 Å². The van der Waals surface area contributed by atoms with Crippen LogP contribution in [0.15, 0.2) is 33.4 Å². The van der Waals surface area contributed by atoms with Crippen LogP contribution >= 0.6 is 49.6 Å². The zero-order valence-electron chi connectivity index (χ0n) is 28.9. The van der Waals surface area contributed by atoms with Gasteiger partial charge in [-0.05, 0) is 0 Å². The predicted octanol–water partition coefficient (Wildman–Crippen LogP) is 11.8. The van der Waals surface area contributed by atoms with Crippen molar-refractivity contribution in [3.05, 3.63) is 57.1 Å². The van der Waals surface area contributed by atoms with Gasteiger partial charge >= 0.3 is 43.4 Å². The minimum atomic E-state index is -0.250. The normalized spacial score (nSPS) is 16.1. The van der Waals surface area contributed by atoms with Gasteiger partial charge in [0.15, 0.2) is 0 Å². The molecular weight excluding hydrogens is 682 g/mol. The van der Waals surface area contributed by atoms with Gasteiger partial charge in [0.2, 0.25) is 0 Å². The number of halogens is 4. The molecule has 0 aliphatic heterocycles. The summed E-state index contributed by atoms with van der Waals surface area (Å²) in [6.45, 7) is 37.3. The van der Waals surface area contributed by atoms with Gasteiger partial charge in [0.05, 0.1) is 0 Å². The van der Waals surface area contributed by atoms with Crippen LogP contribution in [0.3, 0.4) is 0 Å². The van der Waals surface area contributed by atoms with Crippen LogP contribution in [0.1, 0.15) is 96.9 Å². The molecule has 238 valence electrons. The van der Waals surface area contributed by atoms with Gasteiger partial charge in [-0.1, -0.05) is 121 Å². The van der Waals surface area contributed by atoms with E-state index in [4.69, 9.17) is 11.5 Å². The zero-order valence-corrected chi connectivity index (χ0v) is 37.6. The number of hydrogen-bond acceptors (Lipinski definition) is 0. The van der Waals surface area contributed by atoms with Crippen molar-refractivity contribution in [2.24, 2.45) is 11.8 Å². The van der Waals surface area contributed by atoms with Crippen molar-refractivity contribution in [3.63, 3.8) is 0 Å². The van der Waals surface area contributed by atoms with E-state index in [9.17, 15) is 0 Å². The number of nitrogens with one attached hydrogen (secondary N) is 2. The molecule has 2 aliphatic carbocycles. The molecule has 0 saturated heterocycles. The Morgan fingerprint density at radius 1 is 0.525 bits per heavy atom. The van der Waals surface area contributed by atoms with Gasteiger partial charge in [-0.2, -0.15) is 22.3 Å². The van der Waals surface area contributed by atoms with Crippen LogP contribution in [0.2, 0.25) is 26.2 Å². The summed E-state index contributed by atoms with van der Waals surface area (Å²) >= 11 is 0. The van der Waals surface area contributed by atoms with Crippen LogP contribution in [0.5, 0.6) is 0 Å². The van der Waals surface area contributed by atoms with Crippen molar-refractivity contribution >= 4 is 68.7 Å². The van der Waals surface area contributed by atoms with E-state index < -0.39 is 0 Å². The van der Waals surface area contributed by atoms with Gasteiger partial charge in [0.1, 0.15) is 0 Å². The first-order valence-electron chi connectivity index (χ1n) is 12.6. The fourth-order valence-electron chi connectivity index (χ4n) is 2.32. The second-order valence-electron chi connectivity index (χ2n) is 11.3. The first-order valence-corrected chi connectivity index (χ1v) is 17.2. The Hall–Kier alpha value is 1.90. The molecule has 0 spiro atoms. The number of hydrogen-bond donors (Lipinski definition) is 0. The summed E-state index contributed by atoms with van der Waals surface area (Å²) < 4.78 is 0. The summed E-state index contributed by atoms with van der Waals surface area (Å²) in [5.41, 5.74) is 21.9. The van der Waals surface area contributed by atoms with Crippen molar-refractivity contribution in [1.29, 1.82) is 0 Å². The number of rotatable bonds is 0. The third-order valence-corrected chi connectivity index (χ3v) is 4.47. The van der Waals surface area contributed by atoms with E-state index in [0.29, 0.717) is 11.8 Å². The average molecular weight is 747 g/mol. The summed E-state index contributed by atoms with van der Waals surface area (Å²) in [5.74, 6) is 1.12. The number of allylic oxidation sites excluding steroid dienone is 8. The maximum Gasteiger partial charge on any atom is 2.00 e. The molecule has 0 amide bonds. The molecule has 0 aromatic heterocycles. The fourth-order valence-corrected chi connectivity index (χ4v) is 2.32. The average Bonchev–Trinajstić information content (AvgIpc) is 2.97. The van der Waals surface area contributed by atoms with Crippen LogP contribution in [0.25, 0.3) is 11.5 Å². The molecule has 2 N–H and O–H groups in total. The van der Waals surface area contributed by atoms with Crippen molar-refractivity contribution in [3.8, 4) is 0 Å². The molecule has 0 fully saturated rings.